The molecule has 1 fully saturated rings. The fraction of sp³-hybridized carbons (Fsp3) is 0.647. The minimum atomic E-state index is 0.464. The molecule has 1 aromatic rings. The first-order chi connectivity index (χ1) is 9.23. The average molecular weight is 324 g/mol. The van der Waals surface area contributed by atoms with Gasteiger partial charge in [0.05, 0.1) is 0 Å². The van der Waals surface area contributed by atoms with Crippen LogP contribution in [0.5, 0.6) is 0 Å². The Hall–Kier alpha value is -0.340. The molecule has 2 rings (SSSR count). The minimum Gasteiger partial charge on any atom is -0.302 e. The molecule has 1 aliphatic rings. The van der Waals surface area contributed by atoms with Crippen molar-refractivity contribution in [2.45, 2.75) is 39.0 Å². The molecule has 0 spiro atoms. The van der Waals surface area contributed by atoms with Gasteiger partial charge in [0.25, 0.3) is 0 Å². The maximum Gasteiger partial charge on any atom is 0.01000 e. The van der Waals surface area contributed by atoms with Crippen molar-refractivity contribution in [1.82, 2.24) is 4.90 Å². The predicted octanol–water partition coefficient (Wildman–Crippen LogP) is 4.68. The first-order valence-corrected chi connectivity index (χ1v) is 8.68. The Bertz CT molecular complexity index is 364. The summed E-state index contributed by atoms with van der Waals surface area (Å²) in [5.41, 5.74) is 1.98. The van der Waals surface area contributed by atoms with E-state index in [4.69, 9.17) is 0 Å². The van der Waals surface area contributed by atoms with Gasteiger partial charge >= 0.3 is 0 Å². The third kappa shape index (κ3) is 3.61. The van der Waals surface area contributed by atoms with Crippen LogP contribution in [0.15, 0.2) is 30.3 Å². The maximum atomic E-state index is 3.73. The van der Waals surface area contributed by atoms with Crippen molar-refractivity contribution in [2.75, 3.05) is 25.0 Å². The van der Waals surface area contributed by atoms with Gasteiger partial charge in [-0.05, 0) is 42.7 Å². The Labute approximate surface area is 126 Å². The Morgan fingerprint density at radius 1 is 1.21 bits per heavy atom. The topological polar surface area (TPSA) is 3.24 Å². The summed E-state index contributed by atoms with van der Waals surface area (Å²) in [6.07, 6.45) is 3.85. The number of hydrogen-bond donors (Lipinski definition) is 0. The highest BCUT2D eigenvalue weighted by Crippen LogP contribution is 2.34. The second-order valence-electron chi connectivity index (χ2n) is 5.97. The van der Waals surface area contributed by atoms with E-state index in [1.165, 1.54) is 44.5 Å². The van der Waals surface area contributed by atoms with Crippen molar-refractivity contribution < 1.29 is 0 Å². The summed E-state index contributed by atoms with van der Waals surface area (Å²) in [7, 11) is 0. The molecule has 1 atom stereocenters. The number of rotatable bonds is 6. The van der Waals surface area contributed by atoms with Crippen LogP contribution in [0.4, 0.5) is 0 Å². The maximum absolute atomic E-state index is 3.73. The van der Waals surface area contributed by atoms with Crippen LogP contribution in [0.2, 0.25) is 0 Å². The summed E-state index contributed by atoms with van der Waals surface area (Å²) in [5.74, 6) is 0.739. The lowest BCUT2D eigenvalue weighted by atomic mass is 9.84. The summed E-state index contributed by atoms with van der Waals surface area (Å²) in [6, 6.07) is 11.0. The molecule has 2 heteroatoms. The molecule has 1 saturated heterocycles. The van der Waals surface area contributed by atoms with Crippen molar-refractivity contribution in [3.8, 4) is 0 Å². The zero-order valence-electron chi connectivity index (χ0n) is 12.2. The second kappa shape index (κ2) is 6.90. The summed E-state index contributed by atoms with van der Waals surface area (Å²) < 4.78 is 0. The molecule has 0 aliphatic carbocycles. The van der Waals surface area contributed by atoms with Crippen molar-refractivity contribution in [3.05, 3.63) is 35.9 Å². The van der Waals surface area contributed by atoms with Gasteiger partial charge in [-0.25, -0.2) is 0 Å². The molecular weight excluding hydrogens is 298 g/mol. The van der Waals surface area contributed by atoms with E-state index in [-0.39, 0.29) is 0 Å². The third-order valence-electron chi connectivity index (χ3n) is 4.89. The lowest BCUT2D eigenvalue weighted by molar-refractivity contribution is 0.183. The smallest absolute Gasteiger partial charge is 0.01000 e. The molecule has 0 saturated carbocycles. The Kier molecular flexibility index (Phi) is 5.47. The summed E-state index contributed by atoms with van der Waals surface area (Å²) >= 11 is 3.73. The lowest BCUT2D eigenvalue weighted by Gasteiger charge is -2.34. The molecule has 19 heavy (non-hydrogen) atoms. The van der Waals surface area contributed by atoms with Gasteiger partial charge in [-0.1, -0.05) is 60.1 Å². The summed E-state index contributed by atoms with van der Waals surface area (Å²) in [4.78, 5) is 2.67. The number of benzene rings is 1. The van der Waals surface area contributed by atoms with Crippen molar-refractivity contribution in [1.29, 1.82) is 0 Å². The molecule has 1 nitrogen and oxygen atoms in total. The van der Waals surface area contributed by atoms with Crippen LogP contribution in [-0.2, 0) is 0 Å². The fourth-order valence-electron chi connectivity index (χ4n) is 3.15. The van der Waals surface area contributed by atoms with Crippen molar-refractivity contribution >= 4 is 15.9 Å². The van der Waals surface area contributed by atoms with E-state index < -0.39 is 0 Å². The second-order valence-corrected chi connectivity index (χ2v) is 6.53. The number of alkyl halides is 1. The lowest BCUT2D eigenvalue weighted by Crippen LogP contribution is -2.37. The minimum absolute atomic E-state index is 0.464. The van der Waals surface area contributed by atoms with E-state index in [1.807, 2.05) is 0 Å². The van der Waals surface area contributed by atoms with Gasteiger partial charge in [-0.15, -0.1) is 0 Å². The van der Waals surface area contributed by atoms with Gasteiger partial charge in [0.1, 0.15) is 0 Å². The molecule has 1 heterocycles. The number of hydrogen-bond acceptors (Lipinski definition) is 1. The van der Waals surface area contributed by atoms with Crippen LogP contribution in [0, 0.1) is 5.41 Å². The molecule has 0 radical (unpaired) electrons. The van der Waals surface area contributed by atoms with Crippen LogP contribution in [0.25, 0.3) is 0 Å². The van der Waals surface area contributed by atoms with Gasteiger partial charge in [0.15, 0.2) is 0 Å². The highest BCUT2D eigenvalue weighted by molar-refractivity contribution is 9.09. The average Bonchev–Trinajstić information content (AvgIpc) is 2.94. The Balaban J connectivity index is 1.95. The first kappa shape index (κ1) is 15.1. The van der Waals surface area contributed by atoms with E-state index in [0.29, 0.717) is 5.41 Å². The van der Waals surface area contributed by atoms with Gasteiger partial charge in [-0.2, -0.15) is 0 Å². The standard InChI is InChI=1S/C17H26BrN/c1-3-17(4-2,13-18)14-19-11-10-16(12-19)15-8-6-5-7-9-15/h5-9,16H,3-4,10-14H2,1-2H3. The molecule has 0 amide bonds. The van der Waals surface area contributed by atoms with Crippen molar-refractivity contribution in [2.24, 2.45) is 5.41 Å². The quantitative estimate of drug-likeness (QED) is 0.687. The fourth-order valence-corrected chi connectivity index (χ4v) is 4.12. The van der Waals surface area contributed by atoms with E-state index in [2.05, 4.69) is 65.0 Å². The molecule has 0 N–H and O–H groups in total. The predicted molar refractivity (Wildman–Crippen MR) is 87.0 cm³/mol. The van der Waals surface area contributed by atoms with Crippen LogP contribution in [0.1, 0.15) is 44.6 Å². The molecule has 1 aliphatic heterocycles. The molecular formula is C17H26BrN. The SMILES string of the molecule is CCC(CC)(CBr)CN1CCC(c2ccccc2)C1. The van der Waals surface area contributed by atoms with Crippen LogP contribution < -0.4 is 0 Å². The molecule has 0 bridgehead atoms. The highest BCUT2D eigenvalue weighted by Gasteiger charge is 2.31. The van der Waals surface area contributed by atoms with Crippen LogP contribution in [-0.4, -0.2) is 29.9 Å². The molecule has 1 unspecified atom stereocenters. The zero-order chi connectivity index (χ0) is 13.7. The summed E-state index contributed by atoms with van der Waals surface area (Å²) in [6.45, 7) is 8.40. The normalized spacial score (nSPS) is 20.9. The largest absolute Gasteiger partial charge is 0.302 e. The molecule has 0 aromatic heterocycles. The van der Waals surface area contributed by atoms with Gasteiger partial charge in [0.2, 0.25) is 0 Å². The van der Waals surface area contributed by atoms with E-state index >= 15 is 0 Å². The number of halogens is 1. The molecule has 106 valence electrons. The van der Waals surface area contributed by atoms with E-state index in [1.54, 1.807) is 0 Å². The van der Waals surface area contributed by atoms with E-state index in [0.717, 1.165) is 11.2 Å². The summed E-state index contributed by atoms with van der Waals surface area (Å²) in [5, 5.41) is 1.12. The number of likely N-dealkylation sites (tertiary alicyclic amines) is 1. The van der Waals surface area contributed by atoms with Gasteiger partial charge in [-0.3, -0.25) is 0 Å². The Morgan fingerprint density at radius 3 is 2.47 bits per heavy atom. The zero-order valence-corrected chi connectivity index (χ0v) is 13.8. The highest BCUT2D eigenvalue weighted by atomic mass is 79.9. The Morgan fingerprint density at radius 2 is 1.89 bits per heavy atom. The van der Waals surface area contributed by atoms with Gasteiger partial charge < -0.3 is 4.90 Å². The third-order valence-corrected chi connectivity index (χ3v) is 6.08. The first-order valence-electron chi connectivity index (χ1n) is 7.56. The van der Waals surface area contributed by atoms with Crippen molar-refractivity contribution in [3.63, 3.8) is 0 Å². The number of nitrogens with zero attached hydrogens (tertiary/aromatic N) is 1. The monoisotopic (exact) mass is 323 g/mol. The van der Waals surface area contributed by atoms with Crippen LogP contribution >= 0.6 is 15.9 Å². The van der Waals surface area contributed by atoms with Gasteiger partial charge in [0, 0.05) is 18.4 Å². The molecule has 1 aromatic carbocycles. The van der Waals surface area contributed by atoms with Crippen LogP contribution in [0.3, 0.4) is 0 Å². The van der Waals surface area contributed by atoms with E-state index in [9.17, 15) is 0 Å².